The molecule has 0 unspecified atom stereocenters. The van der Waals surface area contributed by atoms with Crippen molar-refractivity contribution in [3.05, 3.63) is 45.7 Å². The maximum absolute atomic E-state index is 6.06. The summed E-state index contributed by atoms with van der Waals surface area (Å²) in [7, 11) is 0. The Kier molecular flexibility index (Phi) is 3.84. The third kappa shape index (κ3) is 2.56. The van der Waals surface area contributed by atoms with Gasteiger partial charge in [0.15, 0.2) is 0 Å². The first-order valence-electron chi connectivity index (χ1n) is 4.58. The quantitative estimate of drug-likeness (QED) is 0.810. The largest absolute Gasteiger partial charge is 0.248 e. The molecule has 2 rings (SSSR count). The Morgan fingerprint density at radius 1 is 1.25 bits per heavy atom. The van der Waals surface area contributed by atoms with Gasteiger partial charge in [0.25, 0.3) is 0 Å². The highest BCUT2D eigenvalue weighted by atomic mass is 79.9. The minimum absolute atomic E-state index is 0.526. The Bertz CT molecular complexity index is 478. The Morgan fingerprint density at radius 2 is 1.94 bits per heavy atom. The van der Waals surface area contributed by atoms with E-state index in [1.807, 2.05) is 24.4 Å². The summed E-state index contributed by atoms with van der Waals surface area (Å²) in [4.78, 5) is 0. The Balaban J connectivity index is 2.26. The molecule has 0 amide bonds. The Hall–Kier alpha value is -0.580. The van der Waals surface area contributed by atoms with Crippen molar-refractivity contribution in [1.82, 2.24) is 15.0 Å². The molecule has 6 heteroatoms. The molecular formula is C10H8BrCl2N3. The molecule has 1 aromatic heterocycles. The molecule has 16 heavy (non-hydrogen) atoms. The third-order valence-corrected chi connectivity index (χ3v) is 3.39. The highest BCUT2D eigenvalue weighted by molar-refractivity contribution is 9.08. The standard InChI is InChI=1S/C10H8BrCl2N3/c11-4-7-5-16(15-14-7)6-8-9(12)2-1-3-10(8)13/h1-3,5H,4,6H2. The Morgan fingerprint density at radius 3 is 2.50 bits per heavy atom. The van der Waals surface area contributed by atoms with E-state index in [0.717, 1.165) is 11.3 Å². The second kappa shape index (κ2) is 5.17. The number of nitrogens with zero attached hydrogens (tertiary/aromatic N) is 3. The van der Waals surface area contributed by atoms with Gasteiger partial charge in [-0.3, -0.25) is 0 Å². The fourth-order valence-corrected chi connectivity index (χ4v) is 2.10. The van der Waals surface area contributed by atoms with Crippen LogP contribution in [0.15, 0.2) is 24.4 Å². The van der Waals surface area contributed by atoms with Crippen LogP contribution in [0.3, 0.4) is 0 Å². The first-order chi connectivity index (χ1) is 7.70. The van der Waals surface area contributed by atoms with Crippen molar-refractivity contribution in [1.29, 1.82) is 0 Å². The van der Waals surface area contributed by atoms with E-state index in [1.54, 1.807) is 4.68 Å². The summed E-state index contributed by atoms with van der Waals surface area (Å²) in [5, 5.41) is 9.92. The van der Waals surface area contributed by atoms with Crippen molar-refractivity contribution in [3.63, 3.8) is 0 Å². The second-order valence-corrected chi connectivity index (χ2v) is 4.62. The molecule has 0 N–H and O–H groups in total. The lowest BCUT2D eigenvalue weighted by Gasteiger charge is -2.05. The number of benzene rings is 1. The zero-order chi connectivity index (χ0) is 11.5. The van der Waals surface area contributed by atoms with E-state index in [9.17, 15) is 0 Å². The van der Waals surface area contributed by atoms with Crippen LogP contribution in [-0.4, -0.2) is 15.0 Å². The third-order valence-electron chi connectivity index (χ3n) is 2.10. The van der Waals surface area contributed by atoms with Gasteiger partial charge in [-0.1, -0.05) is 50.4 Å². The second-order valence-electron chi connectivity index (χ2n) is 3.24. The van der Waals surface area contributed by atoms with Gasteiger partial charge in [0.2, 0.25) is 0 Å². The molecule has 1 heterocycles. The number of hydrogen-bond donors (Lipinski definition) is 0. The molecule has 0 aliphatic carbocycles. The van der Waals surface area contributed by atoms with E-state index in [4.69, 9.17) is 23.2 Å². The SMILES string of the molecule is Clc1cccc(Cl)c1Cn1cc(CBr)nn1. The first kappa shape index (κ1) is 11.9. The van der Waals surface area contributed by atoms with Gasteiger partial charge in [-0.2, -0.15) is 0 Å². The molecule has 2 aromatic rings. The molecule has 0 aliphatic rings. The van der Waals surface area contributed by atoms with E-state index in [2.05, 4.69) is 26.2 Å². The van der Waals surface area contributed by atoms with Gasteiger partial charge in [0, 0.05) is 27.1 Å². The van der Waals surface area contributed by atoms with Crippen LogP contribution >= 0.6 is 39.1 Å². The molecule has 0 saturated carbocycles. The molecule has 0 saturated heterocycles. The molecule has 0 bridgehead atoms. The maximum Gasteiger partial charge on any atom is 0.0932 e. The number of alkyl halides is 1. The lowest BCUT2D eigenvalue weighted by molar-refractivity contribution is 0.649. The van der Waals surface area contributed by atoms with Gasteiger partial charge in [-0.25, -0.2) is 4.68 Å². The van der Waals surface area contributed by atoms with Crippen molar-refractivity contribution in [2.45, 2.75) is 11.9 Å². The summed E-state index contributed by atoms with van der Waals surface area (Å²) in [6.45, 7) is 0.526. The summed E-state index contributed by atoms with van der Waals surface area (Å²) in [5.41, 5.74) is 1.74. The van der Waals surface area contributed by atoms with Crippen LogP contribution in [0.1, 0.15) is 11.3 Å². The number of hydrogen-bond acceptors (Lipinski definition) is 2. The zero-order valence-electron chi connectivity index (χ0n) is 8.20. The van der Waals surface area contributed by atoms with Crippen molar-refractivity contribution in [3.8, 4) is 0 Å². The average Bonchev–Trinajstić information content (AvgIpc) is 2.71. The molecule has 84 valence electrons. The maximum atomic E-state index is 6.06. The summed E-state index contributed by atoms with van der Waals surface area (Å²) < 4.78 is 1.71. The number of aromatic nitrogens is 3. The van der Waals surface area contributed by atoms with Crippen LogP contribution in [0.5, 0.6) is 0 Å². The summed E-state index contributed by atoms with van der Waals surface area (Å²) >= 11 is 15.4. The van der Waals surface area contributed by atoms with Crippen molar-refractivity contribution in [2.75, 3.05) is 0 Å². The molecule has 3 nitrogen and oxygen atoms in total. The Labute approximate surface area is 111 Å². The van der Waals surface area contributed by atoms with Crippen LogP contribution in [0.25, 0.3) is 0 Å². The van der Waals surface area contributed by atoms with Gasteiger partial charge in [0.1, 0.15) is 0 Å². The normalized spacial score (nSPS) is 10.7. The monoisotopic (exact) mass is 319 g/mol. The fourth-order valence-electron chi connectivity index (χ4n) is 1.32. The summed E-state index contributed by atoms with van der Waals surface area (Å²) in [6.07, 6.45) is 1.86. The highest BCUT2D eigenvalue weighted by Gasteiger charge is 2.07. The molecule has 0 fully saturated rings. The lowest BCUT2D eigenvalue weighted by Crippen LogP contribution is -2.01. The van der Waals surface area contributed by atoms with Gasteiger partial charge in [-0.15, -0.1) is 5.10 Å². The molecule has 0 aliphatic heterocycles. The molecular weight excluding hydrogens is 313 g/mol. The summed E-state index contributed by atoms with van der Waals surface area (Å²) in [6, 6.07) is 5.44. The van der Waals surface area contributed by atoms with Crippen LogP contribution in [0.4, 0.5) is 0 Å². The van der Waals surface area contributed by atoms with Gasteiger partial charge in [-0.05, 0) is 12.1 Å². The highest BCUT2D eigenvalue weighted by Crippen LogP contribution is 2.24. The average molecular weight is 321 g/mol. The van der Waals surface area contributed by atoms with E-state index in [-0.39, 0.29) is 0 Å². The predicted molar refractivity (Wildman–Crippen MR) is 68.2 cm³/mol. The lowest BCUT2D eigenvalue weighted by atomic mass is 10.2. The van der Waals surface area contributed by atoms with Crippen LogP contribution in [0.2, 0.25) is 10.0 Å². The van der Waals surface area contributed by atoms with Crippen LogP contribution < -0.4 is 0 Å². The minimum atomic E-state index is 0.526. The number of rotatable bonds is 3. The van der Waals surface area contributed by atoms with Crippen molar-refractivity contribution in [2.24, 2.45) is 0 Å². The molecule has 0 spiro atoms. The summed E-state index contributed by atoms with van der Waals surface area (Å²) in [5.74, 6) is 0. The first-order valence-corrected chi connectivity index (χ1v) is 6.46. The fraction of sp³-hybridized carbons (Fsp3) is 0.200. The van der Waals surface area contributed by atoms with E-state index in [0.29, 0.717) is 21.9 Å². The molecule has 1 aromatic carbocycles. The van der Waals surface area contributed by atoms with Crippen LogP contribution in [0, 0.1) is 0 Å². The van der Waals surface area contributed by atoms with Gasteiger partial charge >= 0.3 is 0 Å². The van der Waals surface area contributed by atoms with Crippen LogP contribution in [-0.2, 0) is 11.9 Å². The smallest absolute Gasteiger partial charge is 0.0932 e. The molecule has 0 atom stereocenters. The van der Waals surface area contributed by atoms with Crippen molar-refractivity contribution < 1.29 is 0 Å². The number of halogens is 3. The van der Waals surface area contributed by atoms with Crippen molar-refractivity contribution >= 4 is 39.1 Å². The van der Waals surface area contributed by atoms with Gasteiger partial charge < -0.3 is 0 Å². The van der Waals surface area contributed by atoms with Gasteiger partial charge in [0.05, 0.1) is 12.2 Å². The minimum Gasteiger partial charge on any atom is -0.248 e. The topological polar surface area (TPSA) is 30.7 Å². The predicted octanol–water partition coefficient (Wildman–Crippen LogP) is 3.53. The zero-order valence-corrected chi connectivity index (χ0v) is 11.3. The molecule has 0 radical (unpaired) electrons. The van der Waals surface area contributed by atoms with E-state index in [1.165, 1.54) is 0 Å². The van der Waals surface area contributed by atoms with E-state index >= 15 is 0 Å². The van der Waals surface area contributed by atoms with E-state index < -0.39 is 0 Å².